The van der Waals surface area contributed by atoms with E-state index in [1.165, 1.54) is 25.7 Å². The van der Waals surface area contributed by atoms with Gasteiger partial charge in [-0.3, -0.25) is 4.99 Å². The van der Waals surface area contributed by atoms with E-state index in [1.54, 1.807) is 0 Å². The third-order valence-corrected chi connectivity index (χ3v) is 3.74. The van der Waals surface area contributed by atoms with Crippen LogP contribution in [0.5, 0.6) is 0 Å². The lowest BCUT2D eigenvalue weighted by molar-refractivity contribution is 0.145. The lowest BCUT2D eigenvalue weighted by Crippen LogP contribution is -2.38. The zero-order valence-corrected chi connectivity index (χ0v) is 12.9. The normalized spacial score (nSPS) is 18.6. The maximum absolute atomic E-state index is 5.33. The third kappa shape index (κ3) is 6.81. The van der Waals surface area contributed by atoms with Crippen molar-refractivity contribution in [1.82, 2.24) is 10.6 Å². The summed E-state index contributed by atoms with van der Waals surface area (Å²) in [7, 11) is 0. The van der Waals surface area contributed by atoms with E-state index >= 15 is 0 Å². The first kappa shape index (κ1) is 16.3. The van der Waals surface area contributed by atoms with E-state index in [0.29, 0.717) is 5.41 Å². The van der Waals surface area contributed by atoms with Crippen LogP contribution in [0.2, 0.25) is 0 Å². The Morgan fingerprint density at radius 1 is 1.21 bits per heavy atom. The summed E-state index contributed by atoms with van der Waals surface area (Å²) in [5.41, 5.74) is 0.424. The second kappa shape index (κ2) is 9.18. The first-order valence-electron chi connectivity index (χ1n) is 7.80. The zero-order chi connectivity index (χ0) is 14.0. The summed E-state index contributed by atoms with van der Waals surface area (Å²) in [6, 6.07) is 0. The van der Waals surface area contributed by atoms with Crippen molar-refractivity contribution >= 4 is 5.96 Å². The van der Waals surface area contributed by atoms with Crippen molar-refractivity contribution in [1.29, 1.82) is 0 Å². The van der Waals surface area contributed by atoms with Gasteiger partial charge in [-0.1, -0.05) is 19.8 Å². The lowest BCUT2D eigenvalue weighted by Gasteiger charge is -2.21. The molecule has 4 nitrogen and oxygen atoms in total. The molecule has 0 atom stereocenters. The molecule has 0 aliphatic heterocycles. The predicted molar refractivity (Wildman–Crippen MR) is 81.7 cm³/mol. The molecule has 0 spiro atoms. The smallest absolute Gasteiger partial charge is 0.191 e. The van der Waals surface area contributed by atoms with Gasteiger partial charge in [-0.25, -0.2) is 0 Å². The van der Waals surface area contributed by atoms with Gasteiger partial charge < -0.3 is 15.4 Å². The van der Waals surface area contributed by atoms with Gasteiger partial charge in [0.15, 0.2) is 5.96 Å². The number of nitrogens with one attached hydrogen (secondary N) is 2. The molecule has 0 aromatic carbocycles. The molecule has 0 aromatic rings. The monoisotopic (exact) mass is 269 g/mol. The second-order valence-corrected chi connectivity index (χ2v) is 5.69. The Morgan fingerprint density at radius 2 is 1.95 bits per heavy atom. The van der Waals surface area contributed by atoms with Crippen LogP contribution in [0.1, 0.15) is 52.9 Å². The summed E-state index contributed by atoms with van der Waals surface area (Å²) in [6.45, 7) is 10.9. The van der Waals surface area contributed by atoms with Gasteiger partial charge in [0, 0.05) is 32.8 Å². The molecule has 1 saturated carbocycles. The van der Waals surface area contributed by atoms with Crippen LogP contribution < -0.4 is 10.6 Å². The van der Waals surface area contributed by atoms with Crippen molar-refractivity contribution in [3.63, 3.8) is 0 Å². The van der Waals surface area contributed by atoms with E-state index < -0.39 is 0 Å². The van der Waals surface area contributed by atoms with Crippen molar-refractivity contribution in [2.24, 2.45) is 10.4 Å². The number of hydrogen-bond acceptors (Lipinski definition) is 2. The maximum Gasteiger partial charge on any atom is 0.191 e. The fourth-order valence-electron chi connectivity index (χ4n) is 2.52. The second-order valence-electron chi connectivity index (χ2n) is 5.69. The Bertz CT molecular complexity index is 260. The molecular weight excluding hydrogens is 238 g/mol. The molecule has 0 radical (unpaired) electrons. The van der Waals surface area contributed by atoms with Crippen molar-refractivity contribution in [2.45, 2.75) is 52.9 Å². The molecule has 0 unspecified atom stereocenters. The Morgan fingerprint density at radius 3 is 2.58 bits per heavy atom. The highest BCUT2D eigenvalue weighted by Crippen LogP contribution is 2.37. The van der Waals surface area contributed by atoms with Gasteiger partial charge in [0.2, 0.25) is 0 Å². The van der Waals surface area contributed by atoms with Crippen molar-refractivity contribution in [3.05, 3.63) is 0 Å². The van der Waals surface area contributed by atoms with Crippen LogP contribution in [0.25, 0.3) is 0 Å². The average molecular weight is 269 g/mol. The minimum atomic E-state index is 0.424. The van der Waals surface area contributed by atoms with Gasteiger partial charge in [0.1, 0.15) is 0 Å². The number of hydrogen-bond donors (Lipinski definition) is 2. The summed E-state index contributed by atoms with van der Waals surface area (Å²) in [5, 5.41) is 6.69. The van der Waals surface area contributed by atoms with E-state index in [4.69, 9.17) is 9.73 Å². The van der Waals surface area contributed by atoms with Crippen LogP contribution >= 0.6 is 0 Å². The molecule has 2 N–H and O–H groups in total. The Kier molecular flexibility index (Phi) is 7.87. The predicted octanol–water partition coefficient (Wildman–Crippen LogP) is 2.55. The molecule has 0 saturated heterocycles. The minimum absolute atomic E-state index is 0.424. The van der Waals surface area contributed by atoms with Crippen LogP contribution in [0.15, 0.2) is 4.99 Å². The average Bonchev–Trinajstić information content (AvgIpc) is 2.83. The quantitative estimate of drug-likeness (QED) is 0.404. The highest BCUT2D eigenvalue weighted by Gasteiger charge is 2.28. The van der Waals surface area contributed by atoms with E-state index in [1.807, 2.05) is 6.92 Å². The summed E-state index contributed by atoms with van der Waals surface area (Å²) in [6.07, 6.45) is 6.39. The first-order valence-corrected chi connectivity index (χ1v) is 7.80. The highest BCUT2D eigenvalue weighted by atomic mass is 16.5. The van der Waals surface area contributed by atoms with Crippen LogP contribution in [0.3, 0.4) is 0 Å². The number of guanidine groups is 1. The Labute approximate surface area is 118 Å². The largest absolute Gasteiger partial charge is 0.382 e. The van der Waals surface area contributed by atoms with Gasteiger partial charge in [0.25, 0.3) is 0 Å². The standard InChI is InChI=1S/C15H31N3O/c1-4-16-14(17-11-8-12-19-5-2)18-13-15(3)9-6-7-10-15/h4-13H2,1-3H3,(H2,16,17,18). The molecule has 0 amide bonds. The van der Waals surface area contributed by atoms with Gasteiger partial charge in [-0.15, -0.1) is 0 Å². The molecule has 1 rings (SSSR count). The fraction of sp³-hybridized carbons (Fsp3) is 0.933. The lowest BCUT2D eigenvalue weighted by atomic mass is 9.89. The molecule has 1 aliphatic rings. The van der Waals surface area contributed by atoms with E-state index in [-0.39, 0.29) is 0 Å². The van der Waals surface area contributed by atoms with Crippen molar-refractivity contribution < 1.29 is 4.74 Å². The Balaban J connectivity index is 2.29. The van der Waals surface area contributed by atoms with Crippen LogP contribution in [-0.4, -0.2) is 38.8 Å². The summed E-state index contributed by atoms with van der Waals surface area (Å²) >= 11 is 0. The van der Waals surface area contributed by atoms with Gasteiger partial charge in [-0.05, 0) is 38.5 Å². The van der Waals surface area contributed by atoms with Crippen LogP contribution in [0, 0.1) is 5.41 Å². The van der Waals surface area contributed by atoms with E-state index in [0.717, 1.165) is 45.2 Å². The minimum Gasteiger partial charge on any atom is -0.382 e. The topological polar surface area (TPSA) is 45.7 Å². The molecule has 1 aliphatic carbocycles. The number of aliphatic imine (C=N–C) groups is 1. The molecule has 19 heavy (non-hydrogen) atoms. The summed E-state index contributed by atoms with van der Waals surface area (Å²) in [4.78, 5) is 4.74. The number of ether oxygens (including phenoxy) is 1. The number of nitrogens with zero attached hydrogens (tertiary/aromatic N) is 1. The van der Waals surface area contributed by atoms with Crippen LogP contribution in [-0.2, 0) is 4.74 Å². The van der Waals surface area contributed by atoms with Crippen molar-refractivity contribution in [2.75, 3.05) is 32.8 Å². The summed E-state index contributed by atoms with van der Waals surface area (Å²) < 4.78 is 5.33. The van der Waals surface area contributed by atoms with E-state index in [2.05, 4.69) is 24.5 Å². The van der Waals surface area contributed by atoms with E-state index in [9.17, 15) is 0 Å². The zero-order valence-electron chi connectivity index (χ0n) is 12.9. The molecule has 4 heteroatoms. The first-order chi connectivity index (χ1) is 9.20. The SMILES string of the molecule is CCNC(=NCC1(C)CCCC1)NCCCOCC. The molecule has 112 valence electrons. The van der Waals surface area contributed by atoms with Crippen molar-refractivity contribution in [3.8, 4) is 0 Å². The molecule has 0 heterocycles. The molecular formula is C15H31N3O. The van der Waals surface area contributed by atoms with Gasteiger partial charge >= 0.3 is 0 Å². The highest BCUT2D eigenvalue weighted by molar-refractivity contribution is 5.79. The van der Waals surface area contributed by atoms with Gasteiger partial charge in [-0.2, -0.15) is 0 Å². The maximum atomic E-state index is 5.33. The summed E-state index contributed by atoms with van der Waals surface area (Å²) in [5.74, 6) is 0.951. The Hall–Kier alpha value is -0.770. The molecule has 0 aromatic heterocycles. The fourth-order valence-corrected chi connectivity index (χ4v) is 2.52. The molecule has 0 bridgehead atoms. The van der Waals surface area contributed by atoms with Crippen LogP contribution in [0.4, 0.5) is 0 Å². The molecule has 1 fully saturated rings. The van der Waals surface area contributed by atoms with Gasteiger partial charge in [0.05, 0.1) is 0 Å². The third-order valence-electron chi connectivity index (χ3n) is 3.74. The number of rotatable bonds is 8.